The summed E-state index contributed by atoms with van der Waals surface area (Å²) < 4.78 is 43.6. The highest BCUT2D eigenvalue weighted by molar-refractivity contribution is 5.90. The second-order valence-electron chi connectivity index (χ2n) is 9.07. The van der Waals surface area contributed by atoms with Gasteiger partial charge in [0.15, 0.2) is 0 Å². The molecule has 2 aromatic rings. The number of ether oxygens (including phenoxy) is 1. The SMILES string of the molecule is Cc1ccc(NC(=O)N2CCC(CC(F)(F)F)C2)cc1-c1cc(NCCO)nc(N2CCOCC2)n1. The minimum absolute atomic E-state index is 0.0485. The number of benzene rings is 1. The highest BCUT2D eigenvalue weighted by atomic mass is 19.4. The number of rotatable bonds is 7. The van der Waals surface area contributed by atoms with Crippen molar-refractivity contribution in [2.75, 3.05) is 68.1 Å². The summed E-state index contributed by atoms with van der Waals surface area (Å²) in [6.07, 6.45) is -4.77. The van der Waals surface area contributed by atoms with Gasteiger partial charge in [-0.2, -0.15) is 18.2 Å². The second kappa shape index (κ2) is 11.3. The normalized spacial score (nSPS) is 18.4. The van der Waals surface area contributed by atoms with Gasteiger partial charge in [-0.3, -0.25) is 0 Å². The molecule has 1 unspecified atom stereocenters. The third-order valence-electron chi connectivity index (χ3n) is 6.28. The summed E-state index contributed by atoms with van der Waals surface area (Å²) >= 11 is 0. The Balaban J connectivity index is 1.53. The Hall–Kier alpha value is -3.12. The molecule has 2 aliphatic heterocycles. The zero-order chi connectivity index (χ0) is 25.7. The van der Waals surface area contributed by atoms with E-state index >= 15 is 0 Å². The molecular weight excluding hydrogens is 477 g/mol. The number of hydrogen-bond acceptors (Lipinski definition) is 7. The van der Waals surface area contributed by atoms with Crippen LogP contribution < -0.4 is 15.5 Å². The van der Waals surface area contributed by atoms with E-state index in [-0.39, 0.29) is 13.2 Å². The molecule has 1 atom stereocenters. The lowest BCUT2D eigenvalue weighted by atomic mass is 10.0. The molecule has 1 aromatic heterocycles. The minimum Gasteiger partial charge on any atom is -0.395 e. The summed E-state index contributed by atoms with van der Waals surface area (Å²) in [5.41, 5.74) is 2.88. The Kier molecular flexibility index (Phi) is 8.14. The summed E-state index contributed by atoms with van der Waals surface area (Å²) in [6, 6.07) is 6.79. The molecule has 2 fully saturated rings. The van der Waals surface area contributed by atoms with Crippen LogP contribution in [-0.4, -0.2) is 84.7 Å². The fourth-order valence-electron chi connectivity index (χ4n) is 4.44. The number of aliphatic hydroxyl groups is 1. The van der Waals surface area contributed by atoms with Gasteiger partial charge in [0.2, 0.25) is 5.95 Å². The number of urea groups is 1. The van der Waals surface area contributed by atoms with Gasteiger partial charge in [-0.1, -0.05) is 6.07 Å². The number of alkyl halides is 3. The van der Waals surface area contributed by atoms with Gasteiger partial charge in [-0.25, -0.2) is 9.78 Å². The van der Waals surface area contributed by atoms with Gasteiger partial charge in [-0.15, -0.1) is 0 Å². The lowest BCUT2D eigenvalue weighted by Gasteiger charge is -2.27. The number of carbonyl (C=O) groups is 1. The summed E-state index contributed by atoms with van der Waals surface area (Å²) in [5, 5.41) is 15.1. The van der Waals surface area contributed by atoms with Crippen molar-refractivity contribution in [2.45, 2.75) is 25.9 Å². The van der Waals surface area contributed by atoms with Gasteiger partial charge in [0.25, 0.3) is 0 Å². The van der Waals surface area contributed by atoms with Gasteiger partial charge < -0.3 is 30.3 Å². The summed E-state index contributed by atoms with van der Waals surface area (Å²) in [4.78, 5) is 25.6. The molecule has 2 amide bonds. The predicted molar refractivity (Wildman–Crippen MR) is 130 cm³/mol. The van der Waals surface area contributed by atoms with E-state index in [4.69, 9.17) is 9.72 Å². The van der Waals surface area contributed by atoms with E-state index in [1.165, 1.54) is 4.90 Å². The van der Waals surface area contributed by atoms with Crippen molar-refractivity contribution in [3.05, 3.63) is 29.8 Å². The van der Waals surface area contributed by atoms with E-state index in [0.717, 1.165) is 11.1 Å². The lowest BCUT2D eigenvalue weighted by Crippen LogP contribution is -2.37. The zero-order valence-electron chi connectivity index (χ0n) is 20.1. The Morgan fingerprint density at radius 2 is 1.97 bits per heavy atom. The number of likely N-dealkylation sites (tertiary alicyclic amines) is 1. The second-order valence-corrected chi connectivity index (χ2v) is 9.07. The highest BCUT2D eigenvalue weighted by Crippen LogP contribution is 2.32. The molecule has 0 radical (unpaired) electrons. The van der Waals surface area contributed by atoms with Crippen LogP contribution in [0.2, 0.25) is 0 Å². The van der Waals surface area contributed by atoms with Crippen molar-refractivity contribution >= 4 is 23.5 Å². The monoisotopic (exact) mass is 508 g/mol. The van der Waals surface area contributed by atoms with Crippen LogP contribution in [0.3, 0.4) is 0 Å². The lowest BCUT2D eigenvalue weighted by molar-refractivity contribution is -0.143. The van der Waals surface area contributed by atoms with Crippen LogP contribution in [0.25, 0.3) is 11.3 Å². The molecule has 36 heavy (non-hydrogen) atoms. The molecule has 0 bridgehead atoms. The number of carbonyl (C=O) groups excluding carboxylic acids is 1. The standard InChI is InChI=1S/C24H31F3N6O3/c1-16-2-3-18(29-23(35)33-6-4-17(15-33)14-24(25,26)27)12-19(16)20-13-21(28-5-9-34)31-22(30-20)32-7-10-36-11-8-32/h2-3,12-13,17,34H,4-11,14-15H2,1H3,(H,29,35)(H,28,30,31). The van der Waals surface area contributed by atoms with Crippen molar-refractivity contribution in [1.82, 2.24) is 14.9 Å². The maximum Gasteiger partial charge on any atom is 0.389 e. The Labute approximate surface area is 207 Å². The van der Waals surface area contributed by atoms with Gasteiger partial charge in [0.05, 0.1) is 25.5 Å². The Morgan fingerprint density at radius 1 is 1.19 bits per heavy atom. The van der Waals surface area contributed by atoms with Crippen LogP contribution in [0.4, 0.5) is 35.4 Å². The van der Waals surface area contributed by atoms with Crippen LogP contribution in [0.1, 0.15) is 18.4 Å². The molecule has 0 saturated carbocycles. The number of nitrogens with one attached hydrogen (secondary N) is 2. The van der Waals surface area contributed by atoms with Crippen molar-refractivity contribution < 1.29 is 27.8 Å². The number of aryl methyl sites for hydroxylation is 1. The fraction of sp³-hybridized carbons (Fsp3) is 0.542. The minimum atomic E-state index is -4.23. The van der Waals surface area contributed by atoms with Crippen LogP contribution in [0, 0.1) is 12.8 Å². The first-order chi connectivity index (χ1) is 17.2. The van der Waals surface area contributed by atoms with Gasteiger partial charge in [-0.05, 0) is 37.0 Å². The zero-order valence-corrected chi connectivity index (χ0v) is 20.1. The summed E-state index contributed by atoms with van der Waals surface area (Å²) in [5.74, 6) is 0.531. The molecule has 0 aliphatic carbocycles. The van der Waals surface area contributed by atoms with Crippen molar-refractivity contribution in [3.8, 4) is 11.3 Å². The first kappa shape index (κ1) is 26.0. The quantitative estimate of drug-likeness (QED) is 0.526. The van der Waals surface area contributed by atoms with E-state index in [1.807, 2.05) is 17.9 Å². The largest absolute Gasteiger partial charge is 0.395 e. The number of amides is 2. The fourth-order valence-corrected chi connectivity index (χ4v) is 4.44. The van der Waals surface area contributed by atoms with Crippen LogP contribution >= 0.6 is 0 Å². The van der Waals surface area contributed by atoms with E-state index in [9.17, 15) is 23.1 Å². The Bertz CT molecular complexity index is 1060. The van der Waals surface area contributed by atoms with E-state index < -0.39 is 24.5 Å². The molecular formula is C24H31F3N6O3. The molecule has 4 rings (SSSR count). The molecule has 2 saturated heterocycles. The van der Waals surface area contributed by atoms with E-state index in [1.54, 1.807) is 18.2 Å². The first-order valence-electron chi connectivity index (χ1n) is 12.0. The third-order valence-corrected chi connectivity index (χ3v) is 6.28. The highest BCUT2D eigenvalue weighted by Gasteiger charge is 2.36. The van der Waals surface area contributed by atoms with Gasteiger partial charge in [0.1, 0.15) is 5.82 Å². The molecule has 3 N–H and O–H groups in total. The number of halogens is 3. The van der Waals surface area contributed by atoms with Crippen LogP contribution in [0.15, 0.2) is 24.3 Å². The average Bonchev–Trinajstić information content (AvgIpc) is 3.31. The number of hydrogen-bond donors (Lipinski definition) is 3. The molecule has 9 nitrogen and oxygen atoms in total. The molecule has 12 heteroatoms. The number of nitrogens with zero attached hydrogens (tertiary/aromatic N) is 4. The van der Waals surface area contributed by atoms with E-state index in [0.29, 0.717) is 69.0 Å². The maximum absolute atomic E-state index is 12.7. The molecule has 1 aromatic carbocycles. The van der Waals surface area contributed by atoms with Gasteiger partial charge >= 0.3 is 12.2 Å². The predicted octanol–water partition coefficient (Wildman–Crippen LogP) is 3.50. The first-order valence-corrected chi connectivity index (χ1v) is 12.0. The van der Waals surface area contributed by atoms with E-state index in [2.05, 4.69) is 15.6 Å². The molecule has 3 heterocycles. The number of morpholine rings is 1. The number of aromatic nitrogens is 2. The van der Waals surface area contributed by atoms with Gasteiger partial charge in [0, 0.05) is 56.5 Å². The number of anilines is 3. The average molecular weight is 509 g/mol. The molecule has 196 valence electrons. The van der Waals surface area contributed by atoms with Crippen molar-refractivity contribution in [2.24, 2.45) is 5.92 Å². The van der Waals surface area contributed by atoms with Crippen LogP contribution in [-0.2, 0) is 4.74 Å². The van der Waals surface area contributed by atoms with Crippen LogP contribution in [0.5, 0.6) is 0 Å². The maximum atomic E-state index is 12.7. The smallest absolute Gasteiger partial charge is 0.389 e. The molecule has 2 aliphatic rings. The topological polar surface area (TPSA) is 103 Å². The van der Waals surface area contributed by atoms with Crippen molar-refractivity contribution in [3.63, 3.8) is 0 Å². The summed E-state index contributed by atoms with van der Waals surface area (Å²) in [6.45, 7) is 5.06. The molecule has 0 spiro atoms. The summed E-state index contributed by atoms with van der Waals surface area (Å²) in [7, 11) is 0. The third kappa shape index (κ3) is 6.76. The van der Waals surface area contributed by atoms with Crippen molar-refractivity contribution in [1.29, 1.82) is 0 Å². The number of aliphatic hydroxyl groups excluding tert-OH is 1. The Morgan fingerprint density at radius 3 is 2.69 bits per heavy atom.